The smallest absolute Gasteiger partial charge is 0.324 e. The third-order valence-electron chi connectivity index (χ3n) is 1.63. The summed E-state index contributed by atoms with van der Waals surface area (Å²) in [7, 11) is 1.63. The molecule has 1 aromatic rings. The lowest BCUT2D eigenvalue weighted by molar-refractivity contribution is 0.166. The average Bonchev–Trinajstić information content (AvgIpc) is 2.22. The molecule has 17 heavy (non-hydrogen) atoms. The second-order valence-corrected chi connectivity index (χ2v) is 3.87. The predicted molar refractivity (Wildman–Crippen MR) is 62.6 cm³/mol. The van der Waals surface area contributed by atoms with Crippen LogP contribution in [0.15, 0.2) is 0 Å². The minimum atomic E-state index is -0.0326. The van der Waals surface area contributed by atoms with E-state index in [9.17, 15) is 0 Å². The summed E-state index contributed by atoms with van der Waals surface area (Å²) in [5.41, 5.74) is 0. The van der Waals surface area contributed by atoms with Crippen molar-refractivity contribution in [1.82, 2.24) is 15.0 Å². The van der Waals surface area contributed by atoms with Gasteiger partial charge in [-0.05, 0) is 25.4 Å². The van der Waals surface area contributed by atoms with Gasteiger partial charge in [0.2, 0.25) is 5.28 Å². The molecule has 0 saturated carbocycles. The molecule has 1 aromatic heterocycles. The Morgan fingerprint density at radius 1 is 1.12 bits per heavy atom. The van der Waals surface area contributed by atoms with Crippen LogP contribution in [-0.4, -0.2) is 41.4 Å². The molecule has 1 rings (SSSR count). The third-order valence-corrected chi connectivity index (χ3v) is 1.80. The van der Waals surface area contributed by atoms with Crippen molar-refractivity contribution in [3.63, 3.8) is 0 Å². The molecule has 0 saturated heterocycles. The summed E-state index contributed by atoms with van der Waals surface area (Å²) < 4.78 is 15.5. The highest BCUT2D eigenvalue weighted by atomic mass is 35.5. The molecule has 0 fully saturated rings. The molecule has 1 heterocycles. The number of halogens is 1. The van der Waals surface area contributed by atoms with E-state index in [4.69, 9.17) is 25.8 Å². The minimum Gasteiger partial charge on any atom is -0.463 e. The SMILES string of the molecule is COCCCOc1nc(Cl)nc(OC(C)C)n1. The normalized spacial score (nSPS) is 10.6. The Hall–Kier alpha value is -1.14. The van der Waals surface area contributed by atoms with Crippen molar-refractivity contribution in [1.29, 1.82) is 0 Å². The molecule has 0 aliphatic heterocycles. The summed E-state index contributed by atoms with van der Waals surface area (Å²) in [5.74, 6) is 0. The Balaban J connectivity index is 2.56. The molecule has 0 aromatic carbocycles. The predicted octanol–water partition coefficient (Wildman–Crippen LogP) is 1.73. The molecule has 96 valence electrons. The molecule has 0 bridgehead atoms. The van der Waals surface area contributed by atoms with Gasteiger partial charge in [0.05, 0.1) is 12.7 Å². The lowest BCUT2D eigenvalue weighted by Gasteiger charge is -2.09. The molecule has 0 unspecified atom stereocenters. The van der Waals surface area contributed by atoms with Crippen LogP contribution >= 0.6 is 11.6 Å². The third kappa shape index (κ3) is 5.65. The van der Waals surface area contributed by atoms with Crippen LogP contribution in [0.25, 0.3) is 0 Å². The summed E-state index contributed by atoms with van der Waals surface area (Å²) in [4.78, 5) is 11.7. The number of hydrogen-bond donors (Lipinski definition) is 0. The molecule has 7 heteroatoms. The zero-order valence-corrected chi connectivity index (χ0v) is 10.9. The Labute approximate surface area is 105 Å². The van der Waals surface area contributed by atoms with Crippen LogP contribution in [-0.2, 0) is 4.74 Å². The first-order valence-corrected chi connectivity index (χ1v) is 5.69. The van der Waals surface area contributed by atoms with Crippen molar-refractivity contribution in [3.8, 4) is 12.0 Å². The van der Waals surface area contributed by atoms with Crippen molar-refractivity contribution < 1.29 is 14.2 Å². The molecule has 6 nitrogen and oxygen atoms in total. The monoisotopic (exact) mass is 261 g/mol. The fraction of sp³-hybridized carbons (Fsp3) is 0.700. The first kappa shape index (κ1) is 13.9. The summed E-state index contributed by atoms with van der Waals surface area (Å²) in [6, 6.07) is 0.332. The molecular formula is C10H16ClN3O3. The molecule has 0 N–H and O–H groups in total. The highest BCUT2D eigenvalue weighted by Gasteiger charge is 2.08. The average molecular weight is 262 g/mol. The van der Waals surface area contributed by atoms with Gasteiger partial charge in [0.15, 0.2) is 0 Å². The van der Waals surface area contributed by atoms with Gasteiger partial charge in [-0.1, -0.05) is 0 Å². The zero-order valence-electron chi connectivity index (χ0n) is 10.1. The maximum Gasteiger partial charge on any atom is 0.324 e. The second kappa shape index (κ2) is 7.24. The van der Waals surface area contributed by atoms with E-state index in [0.717, 1.165) is 6.42 Å². The summed E-state index contributed by atoms with van der Waals surface area (Å²) >= 11 is 5.73. The van der Waals surface area contributed by atoms with E-state index in [0.29, 0.717) is 13.2 Å². The van der Waals surface area contributed by atoms with Crippen molar-refractivity contribution in [2.75, 3.05) is 20.3 Å². The van der Waals surface area contributed by atoms with Crippen LogP contribution in [0.4, 0.5) is 0 Å². The Morgan fingerprint density at radius 2 is 1.82 bits per heavy atom. The van der Waals surface area contributed by atoms with E-state index in [-0.39, 0.29) is 23.4 Å². The number of hydrogen-bond acceptors (Lipinski definition) is 6. The molecule has 0 aliphatic carbocycles. The van der Waals surface area contributed by atoms with Crippen LogP contribution in [0.3, 0.4) is 0 Å². The quantitative estimate of drug-likeness (QED) is 0.697. The molecular weight excluding hydrogens is 246 g/mol. The molecule has 0 spiro atoms. The standard InChI is InChI=1S/C10H16ClN3O3/c1-7(2)17-10-13-8(11)12-9(14-10)16-6-4-5-15-3/h7H,4-6H2,1-3H3. The van der Waals surface area contributed by atoms with E-state index >= 15 is 0 Å². The highest BCUT2D eigenvalue weighted by Crippen LogP contribution is 2.14. The first-order valence-electron chi connectivity index (χ1n) is 5.31. The van der Waals surface area contributed by atoms with Crippen molar-refractivity contribution >= 4 is 11.6 Å². The first-order chi connectivity index (χ1) is 8.11. The van der Waals surface area contributed by atoms with E-state index in [2.05, 4.69) is 15.0 Å². The van der Waals surface area contributed by atoms with Gasteiger partial charge in [-0.2, -0.15) is 9.97 Å². The van der Waals surface area contributed by atoms with Gasteiger partial charge >= 0.3 is 12.0 Å². The van der Waals surface area contributed by atoms with Gasteiger partial charge in [0.25, 0.3) is 0 Å². The van der Waals surface area contributed by atoms with Crippen molar-refractivity contribution in [2.45, 2.75) is 26.4 Å². The van der Waals surface area contributed by atoms with E-state index in [1.807, 2.05) is 13.8 Å². The maximum atomic E-state index is 5.73. The van der Waals surface area contributed by atoms with Crippen LogP contribution in [0.1, 0.15) is 20.3 Å². The second-order valence-electron chi connectivity index (χ2n) is 3.53. The fourth-order valence-corrected chi connectivity index (χ4v) is 1.15. The van der Waals surface area contributed by atoms with Crippen molar-refractivity contribution in [2.24, 2.45) is 0 Å². The van der Waals surface area contributed by atoms with Crippen molar-refractivity contribution in [3.05, 3.63) is 5.28 Å². The van der Waals surface area contributed by atoms with Gasteiger partial charge in [0, 0.05) is 20.1 Å². The summed E-state index contributed by atoms with van der Waals surface area (Å²) in [5, 5.41) is 0.0531. The lowest BCUT2D eigenvalue weighted by atomic mass is 10.5. The van der Waals surface area contributed by atoms with Gasteiger partial charge in [-0.15, -0.1) is 4.98 Å². The summed E-state index contributed by atoms with van der Waals surface area (Å²) in [6.45, 7) is 4.82. The molecule has 0 radical (unpaired) electrons. The van der Waals surface area contributed by atoms with E-state index in [1.165, 1.54) is 0 Å². The Bertz CT molecular complexity index is 350. The summed E-state index contributed by atoms with van der Waals surface area (Å²) in [6.07, 6.45) is 0.718. The zero-order chi connectivity index (χ0) is 12.7. The number of methoxy groups -OCH3 is 1. The van der Waals surface area contributed by atoms with Gasteiger partial charge in [0.1, 0.15) is 0 Å². The maximum absolute atomic E-state index is 5.73. The van der Waals surface area contributed by atoms with E-state index in [1.54, 1.807) is 7.11 Å². The van der Waals surface area contributed by atoms with E-state index < -0.39 is 0 Å². The largest absolute Gasteiger partial charge is 0.463 e. The minimum absolute atomic E-state index is 0.0326. The molecule has 0 atom stereocenters. The Morgan fingerprint density at radius 3 is 2.47 bits per heavy atom. The van der Waals surface area contributed by atoms with Crippen LogP contribution in [0, 0.1) is 0 Å². The number of nitrogens with zero attached hydrogens (tertiary/aromatic N) is 3. The molecule has 0 aliphatic rings. The van der Waals surface area contributed by atoms with Gasteiger partial charge in [-0.25, -0.2) is 0 Å². The highest BCUT2D eigenvalue weighted by molar-refractivity contribution is 6.28. The number of ether oxygens (including phenoxy) is 3. The van der Waals surface area contributed by atoms with Crippen LogP contribution in [0.2, 0.25) is 5.28 Å². The number of rotatable bonds is 7. The lowest BCUT2D eigenvalue weighted by Crippen LogP contribution is -2.11. The van der Waals surface area contributed by atoms with Gasteiger partial charge in [-0.3, -0.25) is 0 Å². The topological polar surface area (TPSA) is 66.4 Å². The van der Waals surface area contributed by atoms with Crippen LogP contribution in [0.5, 0.6) is 12.0 Å². The number of aromatic nitrogens is 3. The Kier molecular flexibility index (Phi) is 5.93. The molecule has 0 amide bonds. The van der Waals surface area contributed by atoms with Crippen LogP contribution < -0.4 is 9.47 Å². The van der Waals surface area contributed by atoms with Gasteiger partial charge < -0.3 is 14.2 Å². The fourth-order valence-electron chi connectivity index (χ4n) is 1.01.